The third-order valence-electron chi connectivity index (χ3n) is 13.5. The van der Waals surface area contributed by atoms with Crippen molar-refractivity contribution in [3.63, 3.8) is 0 Å². The van der Waals surface area contributed by atoms with Crippen LogP contribution in [-0.4, -0.2) is 18.9 Å². The van der Waals surface area contributed by atoms with E-state index in [-0.39, 0.29) is 5.41 Å². The van der Waals surface area contributed by atoms with E-state index in [1.54, 1.807) is 0 Å². The fourth-order valence-corrected chi connectivity index (χ4v) is 10.4. The zero-order valence-corrected chi connectivity index (χ0v) is 35.4. The van der Waals surface area contributed by atoms with Crippen molar-refractivity contribution in [2.24, 2.45) is 0 Å². The molecule has 5 nitrogen and oxygen atoms in total. The van der Waals surface area contributed by atoms with Crippen molar-refractivity contribution in [1.82, 2.24) is 18.9 Å². The van der Waals surface area contributed by atoms with Gasteiger partial charge in [0.15, 0.2) is 0 Å². The molecule has 13 rings (SSSR count). The average Bonchev–Trinajstić information content (AvgIpc) is 3.98. The highest BCUT2D eigenvalue weighted by Crippen LogP contribution is 2.51. The Morgan fingerprint density at radius 1 is 0.391 bits per heavy atom. The number of aromatic nitrogens is 4. The molecule has 0 N–H and O–H groups in total. The minimum Gasteiger partial charge on any atom is -0.310 e. The molecule has 0 unspecified atom stereocenters. The molecule has 0 saturated heterocycles. The maximum absolute atomic E-state index is 5.40. The van der Waals surface area contributed by atoms with E-state index >= 15 is 0 Å². The third kappa shape index (κ3) is 5.44. The smallest absolute Gasteiger partial charge is 0.221 e. The lowest BCUT2D eigenvalue weighted by atomic mass is 9.82. The molecule has 302 valence electrons. The number of hydrogen-bond acceptors (Lipinski definition) is 3. The lowest BCUT2D eigenvalue weighted by Crippen LogP contribution is -2.16. The first kappa shape index (κ1) is 36.4. The zero-order chi connectivity index (χ0) is 42.5. The first-order chi connectivity index (χ1) is 31.5. The number of nitrogens with zero attached hydrogens (tertiary/aromatic N) is 5. The third-order valence-corrected chi connectivity index (χ3v) is 13.5. The molecule has 0 atom stereocenters. The van der Waals surface area contributed by atoms with E-state index in [4.69, 9.17) is 9.97 Å². The monoisotopic (exact) mass is 819 g/mol. The summed E-state index contributed by atoms with van der Waals surface area (Å²) in [7, 11) is 0. The van der Waals surface area contributed by atoms with Crippen molar-refractivity contribution in [2.75, 3.05) is 4.90 Å². The fraction of sp³-hybridized carbons (Fsp3) is 0.0508. The molecular formula is C59H41N5. The van der Waals surface area contributed by atoms with Crippen molar-refractivity contribution >= 4 is 66.5 Å². The molecule has 1 aliphatic rings. The SMILES string of the molecule is CC1(C)c2ccccc2-c2ccc(N(c3ccc(-c4ccccc4)cc3)c3ccc(-c4ccc5c6ccccc6n(-c6nc7ccccc7c7nc8ccccc8n67)c5c4)cc3)cc21. The molecule has 0 aliphatic heterocycles. The summed E-state index contributed by atoms with van der Waals surface area (Å²) in [5.41, 5.74) is 19.2. The van der Waals surface area contributed by atoms with Crippen molar-refractivity contribution in [3.8, 4) is 39.3 Å². The van der Waals surface area contributed by atoms with Gasteiger partial charge in [0.2, 0.25) is 5.95 Å². The van der Waals surface area contributed by atoms with Gasteiger partial charge in [0.05, 0.1) is 27.6 Å². The predicted molar refractivity (Wildman–Crippen MR) is 265 cm³/mol. The van der Waals surface area contributed by atoms with Crippen LogP contribution in [0.25, 0.3) is 88.7 Å². The van der Waals surface area contributed by atoms with Gasteiger partial charge in [-0.25, -0.2) is 9.97 Å². The lowest BCUT2D eigenvalue weighted by Gasteiger charge is -2.28. The summed E-state index contributed by atoms with van der Waals surface area (Å²) < 4.78 is 4.55. The molecule has 5 heteroatoms. The van der Waals surface area contributed by atoms with Gasteiger partial charge in [-0.05, 0) is 117 Å². The second-order valence-corrected chi connectivity index (χ2v) is 17.5. The number of imidazole rings is 1. The molecular weight excluding hydrogens is 779 g/mol. The molecule has 0 amide bonds. The number of hydrogen-bond donors (Lipinski definition) is 0. The highest BCUT2D eigenvalue weighted by molar-refractivity contribution is 6.10. The van der Waals surface area contributed by atoms with Crippen LogP contribution in [0.15, 0.2) is 212 Å². The highest BCUT2D eigenvalue weighted by Gasteiger charge is 2.35. The van der Waals surface area contributed by atoms with Gasteiger partial charge in [0, 0.05) is 38.6 Å². The summed E-state index contributed by atoms with van der Waals surface area (Å²) in [6.07, 6.45) is 0. The normalized spacial score (nSPS) is 13.0. The number of anilines is 3. The van der Waals surface area contributed by atoms with Crippen molar-refractivity contribution in [2.45, 2.75) is 19.3 Å². The fourth-order valence-electron chi connectivity index (χ4n) is 10.4. The molecule has 9 aromatic carbocycles. The quantitative estimate of drug-likeness (QED) is 0.168. The van der Waals surface area contributed by atoms with Crippen molar-refractivity contribution in [1.29, 1.82) is 0 Å². The summed E-state index contributed by atoms with van der Waals surface area (Å²) in [4.78, 5) is 13.0. The second kappa shape index (κ2) is 13.9. The van der Waals surface area contributed by atoms with Crippen molar-refractivity contribution in [3.05, 3.63) is 223 Å². The molecule has 0 bridgehead atoms. The Kier molecular flexibility index (Phi) is 7.88. The van der Waals surface area contributed by atoms with Gasteiger partial charge in [-0.3, -0.25) is 8.97 Å². The van der Waals surface area contributed by atoms with Crippen LogP contribution in [0, 0.1) is 0 Å². The molecule has 3 aromatic heterocycles. The second-order valence-electron chi connectivity index (χ2n) is 17.5. The van der Waals surface area contributed by atoms with Crippen LogP contribution in [-0.2, 0) is 5.41 Å². The molecule has 3 heterocycles. The maximum atomic E-state index is 5.40. The first-order valence-corrected chi connectivity index (χ1v) is 22.0. The van der Waals surface area contributed by atoms with E-state index in [1.165, 1.54) is 44.2 Å². The van der Waals surface area contributed by atoms with Crippen LogP contribution >= 0.6 is 0 Å². The van der Waals surface area contributed by atoms with Crippen LogP contribution in [0.3, 0.4) is 0 Å². The van der Waals surface area contributed by atoms with Crippen LogP contribution in [0.5, 0.6) is 0 Å². The minimum atomic E-state index is -0.116. The molecule has 1 aliphatic carbocycles. The molecule has 0 radical (unpaired) electrons. The number of fused-ring (bicyclic) bond motifs is 11. The minimum absolute atomic E-state index is 0.116. The number of para-hydroxylation sites is 4. The van der Waals surface area contributed by atoms with Gasteiger partial charge in [-0.1, -0.05) is 153 Å². The predicted octanol–water partition coefficient (Wildman–Crippen LogP) is 15.2. The topological polar surface area (TPSA) is 38.4 Å². The average molecular weight is 820 g/mol. The maximum Gasteiger partial charge on any atom is 0.221 e. The molecule has 12 aromatic rings. The van der Waals surface area contributed by atoms with Gasteiger partial charge < -0.3 is 4.90 Å². The van der Waals surface area contributed by atoms with E-state index in [1.807, 2.05) is 0 Å². The van der Waals surface area contributed by atoms with Gasteiger partial charge in [-0.15, -0.1) is 0 Å². The molecule has 0 spiro atoms. The van der Waals surface area contributed by atoms with E-state index < -0.39 is 0 Å². The number of rotatable bonds is 6. The standard InChI is InChI=1S/C59H41N5/c1-59(2)50-19-9-6-16-45(50)46-35-33-44(37-51(46)59)62(42-29-24-39(25-30-42)38-14-4-3-5-15-38)43-31-26-40(27-32-43)41-28-34-48-47-17-8-12-22-54(47)63(56(48)36-41)58-61-52-20-10-7-18-49(52)57-60-53-21-11-13-23-55(53)64(57)58/h3-37H,1-2H3. The molecule has 64 heavy (non-hydrogen) atoms. The first-order valence-electron chi connectivity index (χ1n) is 22.0. The molecule has 0 saturated carbocycles. The Balaban J connectivity index is 0.957. The summed E-state index contributed by atoms with van der Waals surface area (Å²) in [5.74, 6) is 0.815. The Bertz CT molecular complexity index is 3800. The van der Waals surface area contributed by atoms with Crippen molar-refractivity contribution < 1.29 is 0 Å². The Labute approximate surface area is 370 Å². The van der Waals surface area contributed by atoms with E-state index in [9.17, 15) is 0 Å². The summed E-state index contributed by atoms with van der Waals surface area (Å²) in [6.45, 7) is 4.70. The van der Waals surface area contributed by atoms with Crippen LogP contribution < -0.4 is 4.90 Å². The van der Waals surface area contributed by atoms with Gasteiger partial charge in [0.25, 0.3) is 0 Å². The lowest BCUT2D eigenvalue weighted by molar-refractivity contribution is 0.660. The van der Waals surface area contributed by atoms with E-state index in [2.05, 4.69) is 240 Å². The van der Waals surface area contributed by atoms with Crippen LogP contribution in [0.4, 0.5) is 17.1 Å². The Morgan fingerprint density at radius 2 is 0.953 bits per heavy atom. The van der Waals surface area contributed by atoms with Gasteiger partial charge in [0.1, 0.15) is 5.65 Å². The van der Waals surface area contributed by atoms with E-state index in [0.29, 0.717) is 0 Å². The highest BCUT2D eigenvalue weighted by atomic mass is 15.2. The Hall–Kier alpha value is -8.28. The number of benzene rings is 9. The zero-order valence-electron chi connectivity index (χ0n) is 35.4. The summed E-state index contributed by atoms with van der Waals surface area (Å²) in [5, 5.41) is 3.38. The largest absolute Gasteiger partial charge is 0.310 e. The van der Waals surface area contributed by atoms with Crippen LogP contribution in [0.1, 0.15) is 25.0 Å². The van der Waals surface area contributed by atoms with Gasteiger partial charge >= 0.3 is 0 Å². The Morgan fingerprint density at radius 3 is 1.73 bits per heavy atom. The van der Waals surface area contributed by atoms with E-state index in [0.717, 1.165) is 72.8 Å². The van der Waals surface area contributed by atoms with Crippen LogP contribution in [0.2, 0.25) is 0 Å². The van der Waals surface area contributed by atoms with Gasteiger partial charge in [-0.2, -0.15) is 0 Å². The molecule has 0 fully saturated rings. The summed E-state index contributed by atoms with van der Waals surface area (Å²) >= 11 is 0. The summed E-state index contributed by atoms with van der Waals surface area (Å²) in [6, 6.07) is 76.6.